The second-order valence-corrected chi connectivity index (χ2v) is 8.87. The zero-order valence-corrected chi connectivity index (χ0v) is 16.9. The maximum Gasteiger partial charge on any atom is 0.323 e. The molecular formula is C21H18ClN3O3S. The summed E-state index contributed by atoms with van der Waals surface area (Å²) in [6.45, 7) is 0.366. The molecule has 3 aromatic rings. The minimum absolute atomic E-state index is 0.260. The van der Waals surface area contributed by atoms with Gasteiger partial charge in [-0.3, -0.25) is 4.31 Å². The van der Waals surface area contributed by atoms with Gasteiger partial charge in [-0.05, 0) is 60.5 Å². The van der Waals surface area contributed by atoms with Gasteiger partial charge in [0, 0.05) is 22.9 Å². The van der Waals surface area contributed by atoms with E-state index in [-0.39, 0.29) is 4.90 Å². The fraction of sp³-hybridized carbons (Fsp3) is 0.0952. The van der Waals surface area contributed by atoms with E-state index in [1.807, 2.05) is 0 Å². The SMILES string of the molecule is O=C(Nc1cccc(Cl)c1)Nc1ccc2c(c1)CCN2S(=O)(=O)c1ccccc1. The average molecular weight is 428 g/mol. The molecule has 2 amide bonds. The highest BCUT2D eigenvalue weighted by Gasteiger charge is 2.30. The number of nitrogens with one attached hydrogen (secondary N) is 2. The van der Waals surface area contributed by atoms with Crippen LogP contribution in [0.1, 0.15) is 5.56 Å². The van der Waals surface area contributed by atoms with E-state index < -0.39 is 16.1 Å². The highest BCUT2D eigenvalue weighted by Crippen LogP contribution is 2.34. The third-order valence-electron chi connectivity index (χ3n) is 4.60. The van der Waals surface area contributed by atoms with Crippen LogP contribution in [-0.4, -0.2) is 21.0 Å². The van der Waals surface area contributed by atoms with Crippen molar-refractivity contribution >= 4 is 44.7 Å². The number of halogens is 1. The van der Waals surface area contributed by atoms with Crippen LogP contribution in [0, 0.1) is 0 Å². The van der Waals surface area contributed by atoms with Crippen LogP contribution < -0.4 is 14.9 Å². The molecule has 1 aliphatic heterocycles. The first-order valence-corrected chi connectivity index (χ1v) is 10.8. The standard InChI is InChI=1S/C21H18ClN3O3S/c22-16-5-4-6-17(14-16)23-21(26)24-18-9-10-20-15(13-18)11-12-25(20)29(27,28)19-7-2-1-3-8-19/h1-10,13-14H,11-12H2,(H2,23,24,26). The summed E-state index contributed by atoms with van der Waals surface area (Å²) in [7, 11) is -3.61. The van der Waals surface area contributed by atoms with Gasteiger partial charge in [-0.25, -0.2) is 13.2 Å². The molecular weight excluding hydrogens is 410 g/mol. The molecule has 0 saturated heterocycles. The second kappa shape index (κ2) is 7.77. The molecule has 0 spiro atoms. The van der Waals surface area contributed by atoms with Crippen molar-refractivity contribution in [3.05, 3.63) is 83.4 Å². The van der Waals surface area contributed by atoms with E-state index in [1.54, 1.807) is 72.8 Å². The third-order valence-corrected chi connectivity index (χ3v) is 6.67. The van der Waals surface area contributed by atoms with E-state index in [2.05, 4.69) is 10.6 Å². The summed E-state index contributed by atoms with van der Waals surface area (Å²) >= 11 is 5.92. The topological polar surface area (TPSA) is 78.5 Å². The van der Waals surface area contributed by atoms with Gasteiger partial charge in [-0.1, -0.05) is 35.9 Å². The van der Waals surface area contributed by atoms with Gasteiger partial charge < -0.3 is 10.6 Å². The predicted molar refractivity (Wildman–Crippen MR) is 115 cm³/mol. The van der Waals surface area contributed by atoms with Crippen LogP contribution in [0.15, 0.2) is 77.7 Å². The van der Waals surface area contributed by atoms with Gasteiger partial charge >= 0.3 is 6.03 Å². The first kappa shape index (κ1) is 19.3. The number of benzene rings is 3. The van der Waals surface area contributed by atoms with Crippen molar-refractivity contribution in [3.8, 4) is 0 Å². The third kappa shape index (κ3) is 4.06. The fourth-order valence-electron chi connectivity index (χ4n) is 3.28. The normalized spacial score (nSPS) is 13.1. The molecule has 2 N–H and O–H groups in total. The van der Waals surface area contributed by atoms with E-state index in [0.29, 0.717) is 35.1 Å². The Bertz CT molecular complexity index is 1170. The number of sulfonamides is 1. The Morgan fingerprint density at radius 3 is 2.34 bits per heavy atom. The van der Waals surface area contributed by atoms with Gasteiger partial charge in [-0.15, -0.1) is 0 Å². The smallest absolute Gasteiger partial charge is 0.308 e. The van der Waals surface area contributed by atoms with Crippen molar-refractivity contribution in [2.24, 2.45) is 0 Å². The molecule has 0 aliphatic carbocycles. The summed E-state index contributed by atoms with van der Waals surface area (Å²) < 4.78 is 27.3. The number of rotatable bonds is 4. The quantitative estimate of drug-likeness (QED) is 0.631. The van der Waals surface area contributed by atoms with Crippen LogP contribution in [0.5, 0.6) is 0 Å². The Balaban J connectivity index is 1.51. The molecule has 0 saturated carbocycles. The lowest BCUT2D eigenvalue weighted by molar-refractivity contribution is 0.262. The molecule has 6 nitrogen and oxygen atoms in total. The fourth-order valence-corrected chi connectivity index (χ4v) is 4.99. The van der Waals surface area contributed by atoms with Crippen molar-refractivity contribution in [2.75, 3.05) is 21.5 Å². The molecule has 0 fully saturated rings. The highest BCUT2D eigenvalue weighted by atomic mass is 35.5. The Labute approximate surface area is 174 Å². The largest absolute Gasteiger partial charge is 0.323 e. The van der Waals surface area contributed by atoms with Gasteiger partial charge in [0.1, 0.15) is 0 Å². The van der Waals surface area contributed by atoms with Gasteiger partial charge in [0.25, 0.3) is 10.0 Å². The van der Waals surface area contributed by atoms with Crippen LogP contribution >= 0.6 is 11.6 Å². The van der Waals surface area contributed by atoms with Crippen LogP contribution in [-0.2, 0) is 16.4 Å². The Morgan fingerprint density at radius 2 is 1.62 bits per heavy atom. The number of amides is 2. The Morgan fingerprint density at radius 1 is 0.897 bits per heavy atom. The minimum Gasteiger partial charge on any atom is -0.308 e. The number of nitrogens with zero attached hydrogens (tertiary/aromatic N) is 1. The summed E-state index contributed by atoms with van der Waals surface area (Å²) in [5.41, 5.74) is 2.67. The number of carbonyl (C=O) groups is 1. The zero-order valence-electron chi connectivity index (χ0n) is 15.3. The number of fused-ring (bicyclic) bond motifs is 1. The number of hydrogen-bond acceptors (Lipinski definition) is 3. The maximum absolute atomic E-state index is 12.9. The predicted octanol–water partition coefficient (Wildman–Crippen LogP) is 4.74. The van der Waals surface area contributed by atoms with Crippen LogP contribution in [0.2, 0.25) is 5.02 Å². The first-order chi connectivity index (χ1) is 13.9. The van der Waals surface area contributed by atoms with E-state index in [1.165, 1.54) is 4.31 Å². The monoisotopic (exact) mass is 427 g/mol. The van der Waals surface area contributed by atoms with E-state index in [0.717, 1.165) is 5.56 Å². The summed E-state index contributed by atoms with van der Waals surface area (Å²) in [5, 5.41) is 6.00. The molecule has 0 aromatic heterocycles. The lowest BCUT2D eigenvalue weighted by Gasteiger charge is -2.19. The molecule has 0 unspecified atom stereocenters. The second-order valence-electron chi connectivity index (χ2n) is 6.57. The van der Waals surface area contributed by atoms with E-state index in [4.69, 9.17) is 11.6 Å². The van der Waals surface area contributed by atoms with Gasteiger partial charge in [0.05, 0.1) is 10.6 Å². The Hall–Kier alpha value is -3.03. The van der Waals surface area contributed by atoms with E-state index in [9.17, 15) is 13.2 Å². The Kier molecular flexibility index (Phi) is 5.17. The molecule has 1 aliphatic rings. The van der Waals surface area contributed by atoms with Crippen LogP contribution in [0.25, 0.3) is 0 Å². The van der Waals surface area contributed by atoms with Gasteiger partial charge in [-0.2, -0.15) is 0 Å². The van der Waals surface area contributed by atoms with Crippen molar-refractivity contribution in [2.45, 2.75) is 11.3 Å². The zero-order chi connectivity index (χ0) is 20.4. The number of urea groups is 1. The highest BCUT2D eigenvalue weighted by molar-refractivity contribution is 7.92. The summed E-state index contributed by atoms with van der Waals surface area (Å²) in [6, 6.07) is 20.0. The first-order valence-electron chi connectivity index (χ1n) is 8.98. The average Bonchev–Trinajstić information content (AvgIpc) is 3.12. The van der Waals surface area contributed by atoms with Gasteiger partial charge in [0.2, 0.25) is 0 Å². The summed E-state index contributed by atoms with van der Waals surface area (Å²) in [4.78, 5) is 12.5. The lowest BCUT2D eigenvalue weighted by Crippen LogP contribution is -2.29. The van der Waals surface area contributed by atoms with Crippen molar-refractivity contribution < 1.29 is 13.2 Å². The number of carbonyl (C=O) groups excluding carboxylic acids is 1. The van der Waals surface area contributed by atoms with Crippen molar-refractivity contribution in [3.63, 3.8) is 0 Å². The van der Waals surface area contributed by atoms with Gasteiger partial charge in [0.15, 0.2) is 0 Å². The minimum atomic E-state index is -3.61. The van der Waals surface area contributed by atoms with Crippen molar-refractivity contribution in [1.29, 1.82) is 0 Å². The summed E-state index contributed by atoms with van der Waals surface area (Å²) in [5.74, 6) is 0. The molecule has 4 rings (SSSR count). The van der Waals surface area contributed by atoms with Crippen LogP contribution in [0.4, 0.5) is 21.9 Å². The molecule has 29 heavy (non-hydrogen) atoms. The molecule has 148 valence electrons. The number of anilines is 3. The maximum atomic E-state index is 12.9. The molecule has 1 heterocycles. The summed E-state index contributed by atoms with van der Waals surface area (Å²) in [6.07, 6.45) is 0.576. The van der Waals surface area contributed by atoms with E-state index >= 15 is 0 Å². The van der Waals surface area contributed by atoms with Crippen molar-refractivity contribution in [1.82, 2.24) is 0 Å². The van der Waals surface area contributed by atoms with Crippen LogP contribution in [0.3, 0.4) is 0 Å². The molecule has 3 aromatic carbocycles. The molecule has 0 atom stereocenters. The molecule has 0 radical (unpaired) electrons. The number of hydrogen-bond donors (Lipinski definition) is 2. The molecule has 0 bridgehead atoms. The lowest BCUT2D eigenvalue weighted by atomic mass is 10.1. The molecule has 8 heteroatoms.